The summed E-state index contributed by atoms with van der Waals surface area (Å²) in [7, 11) is 0. The molecule has 0 radical (unpaired) electrons. The van der Waals surface area contributed by atoms with Crippen LogP contribution in [0.4, 0.5) is 0 Å². The molecule has 1 N–H and O–H groups in total. The van der Waals surface area contributed by atoms with Crippen LogP contribution in [0.2, 0.25) is 0 Å². The first kappa shape index (κ1) is 23.4. The molecule has 1 aromatic heterocycles. The summed E-state index contributed by atoms with van der Waals surface area (Å²) in [5, 5.41) is 10.2. The van der Waals surface area contributed by atoms with E-state index in [1.54, 1.807) is 19.1 Å². The molecule has 0 aliphatic rings. The summed E-state index contributed by atoms with van der Waals surface area (Å²) in [6.45, 7) is 4.87. The average Bonchev–Trinajstić information content (AvgIpc) is 3.30. The smallest absolute Gasteiger partial charge is 0.310 e. The van der Waals surface area contributed by atoms with E-state index in [9.17, 15) is 4.79 Å². The van der Waals surface area contributed by atoms with Gasteiger partial charge in [0, 0.05) is 22.9 Å². The van der Waals surface area contributed by atoms with Crippen LogP contribution in [-0.4, -0.2) is 24.3 Å². The van der Waals surface area contributed by atoms with Crippen LogP contribution < -0.4 is 9.47 Å². The molecule has 4 aromatic rings. The lowest BCUT2D eigenvalue weighted by atomic mass is 10.0. The molecule has 5 heteroatoms. The molecule has 0 aliphatic heterocycles. The van der Waals surface area contributed by atoms with E-state index in [1.807, 2.05) is 42.7 Å². The molecule has 1 heterocycles. The fraction of sp³-hybridized carbons (Fsp3) is 0.276. The number of aryl methyl sites for hydroxylation is 1. The normalized spacial score (nSPS) is 11.9. The molecule has 34 heavy (non-hydrogen) atoms. The number of hydrogen-bond donors (Lipinski definition) is 1. The summed E-state index contributed by atoms with van der Waals surface area (Å²) in [6, 6.07) is 21.6. The van der Waals surface area contributed by atoms with Gasteiger partial charge in [-0.25, -0.2) is 0 Å². The number of furan rings is 1. The van der Waals surface area contributed by atoms with Crippen molar-refractivity contribution < 1.29 is 23.8 Å². The van der Waals surface area contributed by atoms with Crippen molar-refractivity contribution in [2.75, 3.05) is 13.2 Å². The van der Waals surface area contributed by atoms with E-state index in [0.29, 0.717) is 13.2 Å². The van der Waals surface area contributed by atoms with Gasteiger partial charge in [-0.2, -0.15) is 0 Å². The molecular formula is C29H30O5. The van der Waals surface area contributed by atoms with Crippen LogP contribution in [0, 0.1) is 0 Å². The van der Waals surface area contributed by atoms with Crippen molar-refractivity contribution >= 4 is 16.9 Å². The molecule has 1 atom stereocenters. The maximum absolute atomic E-state index is 11.1. The van der Waals surface area contributed by atoms with E-state index in [0.717, 1.165) is 64.0 Å². The zero-order chi connectivity index (χ0) is 23.9. The van der Waals surface area contributed by atoms with Gasteiger partial charge in [-0.1, -0.05) is 55.8 Å². The van der Waals surface area contributed by atoms with E-state index >= 15 is 0 Å². The lowest BCUT2D eigenvalue weighted by Crippen LogP contribution is -2.08. The van der Waals surface area contributed by atoms with Crippen LogP contribution in [0.1, 0.15) is 43.7 Å². The molecule has 0 amide bonds. The number of carboxylic acids is 1. The van der Waals surface area contributed by atoms with Crippen molar-refractivity contribution in [2.24, 2.45) is 0 Å². The number of carbonyl (C=O) groups is 1. The highest BCUT2D eigenvalue weighted by atomic mass is 16.5. The predicted octanol–water partition coefficient (Wildman–Crippen LogP) is 7.09. The van der Waals surface area contributed by atoms with Crippen LogP contribution in [0.15, 0.2) is 77.4 Å². The topological polar surface area (TPSA) is 68.9 Å². The minimum atomic E-state index is -0.836. The minimum absolute atomic E-state index is 0.512. The van der Waals surface area contributed by atoms with Crippen molar-refractivity contribution in [2.45, 2.75) is 39.0 Å². The Morgan fingerprint density at radius 2 is 1.71 bits per heavy atom. The molecule has 0 saturated heterocycles. The number of rotatable bonds is 11. The number of fused-ring (bicyclic) bond motifs is 1. The van der Waals surface area contributed by atoms with E-state index in [2.05, 4.69) is 25.1 Å². The summed E-state index contributed by atoms with van der Waals surface area (Å²) >= 11 is 0. The molecule has 5 nitrogen and oxygen atoms in total. The van der Waals surface area contributed by atoms with Gasteiger partial charge in [0.25, 0.3) is 0 Å². The lowest BCUT2D eigenvalue weighted by Gasteiger charge is -2.13. The standard InChI is InChI=1S/C29H30O5/c1-3-8-25-27(16-15-24-26(19-34-28(24)25)22-9-5-4-6-10-22)33-18-7-17-32-23-13-11-21(12-14-23)20(2)29(30)31/h4-6,9-16,19-20H,3,7-8,17-18H2,1-2H3,(H,30,31). The van der Waals surface area contributed by atoms with Crippen LogP contribution in [0.25, 0.3) is 22.1 Å². The maximum atomic E-state index is 11.1. The van der Waals surface area contributed by atoms with Gasteiger partial charge in [0.2, 0.25) is 0 Å². The molecule has 0 spiro atoms. The molecule has 1 unspecified atom stereocenters. The number of carboxylic acid groups (broad SMARTS) is 1. The second kappa shape index (κ2) is 10.9. The molecule has 0 fully saturated rings. The maximum Gasteiger partial charge on any atom is 0.310 e. The van der Waals surface area contributed by atoms with Crippen molar-refractivity contribution in [1.29, 1.82) is 0 Å². The Kier molecular flexibility index (Phi) is 7.53. The number of aliphatic carboxylic acids is 1. The fourth-order valence-corrected chi connectivity index (χ4v) is 4.03. The monoisotopic (exact) mass is 458 g/mol. The lowest BCUT2D eigenvalue weighted by molar-refractivity contribution is -0.138. The number of ether oxygens (including phenoxy) is 2. The van der Waals surface area contributed by atoms with E-state index in [1.165, 1.54) is 0 Å². The third kappa shape index (κ3) is 5.25. The second-order valence-electron chi connectivity index (χ2n) is 8.36. The van der Waals surface area contributed by atoms with Gasteiger partial charge in [-0.3, -0.25) is 4.79 Å². The van der Waals surface area contributed by atoms with E-state index < -0.39 is 11.9 Å². The van der Waals surface area contributed by atoms with Gasteiger partial charge in [0.1, 0.15) is 17.1 Å². The van der Waals surface area contributed by atoms with E-state index in [-0.39, 0.29) is 0 Å². The summed E-state index contributed by atoms with van der Waals surface area (Å²) in [4.78, 5) is 11.1. The first-order chi connectivity index (χ1) is 16.6. The van der Waals surface area contributed by atoms with Crippen molar-refractivity contribution in [1.82, 2.24) is 0 Å². The molecule has 0 aliphatic carbocycles. The zero-order valence-corrected chi connectivity index (χ0v) is 19.6. The summed E-state index contributed by atoms with van der Waals surface area (Å²) < 4.78 is 17.9. The van der Waals surface area contributed by atoms with Gasteiger partial charge in [-0.15, -0.1) is 0 Å². The summed E-state index contributed by atoms with van der Waals surface area (Å²) in [5.74, 6) is 0.209. The van der Waals surface area contributed by atoms with Gasteiger partial charge >= 0.3 is 5.97 Å². The fourth-order valence-electron chi connectivity index (χ4n) is 4.03. The summed E-state index contributed by atoms with van der Waals surface area (Å²) in [6.07, 6.45) is 4.44. The Morgan fingerprint density at radius 1 is 0.971 bits per heavy atom. The van der Waals surface area contributed by atoms with Gasteiger partial charge in [0.15, 0.2) is 0 Å². The largest absolute Gasteiger partial charge is 0.493 e. The first-order valence-corrected chi connectivity index (χ1v) is 11.7. The minimum Gasteiger partial charge on any atom is -0.493 e. The molecule has 0 bridgehead atoms. The molecule has 4 rings (SSSR count). The highest BCUT2D eigenvalue weighted by Crippen LogP contribution is 2.37. The number of hydrogen-bond acceptors (Lipinski definition) is 4. The van der Waals surface area contributed by atoms with E-state index in [4.69, 9.17) is 19.0 Å². The Morgan fingerprint density at radius 3 is 2.41 bits per heavy atom. The third-order valence-electron chi connectivity index (χ3n) is 5.95. The van der Waals surface area contributed by atoms with Crippen molar-refractivity contribution in [3.63, 3.8) is 0 Å². The zero-order valence-electron chi connectivity index (χ0n) is 19.6. The van der Waals surface area contributed by atoms with Crippen LogP contribution in [0.5, 0.6) is 11.5 Å². The molecule has 0 saturated carbocycles. The third-order valence-corrected chi connectivity index (χ3v) is 5.95. The van der Waals surface area contributed by atoms with Gasteiger partial charge in [-0.05, 0) is 48.7 Å². The van der Waals surface area contributed by atoms with Crippen LogP contribution in [-0.2, 0) is 11.2 Å². The highest BCUT2D eigenvalue weighted by molar-refractivity contribution is 5.96. The van der Waals surface area contributed by atoms with Gasteiger partial charge in [0.05, 0.1) is 25.4 Å². The summed E-state index contributed by atoms with van der Waals surface area (Å²) in [5.41, 5.74) is 4.99. The average molecular weight is 459 g/mol. The Balaban J connectivity index is 1.37. The van der Waals surface area contributed by atoms with Crippen LogP contribution >= 0.6 is 0 Å². The SMILES string of the molecule is CCCc1c(OCCCOc2ccc(C(C)C(=O)O)cc2)ccc2c(-c3ccccc3)coc12. The molecular weight excluding hydrogens is 428 g/mol. The first-order valence-electron chi connectivity index (χ1n) is 11.7. The Hall–Kier alpha value is -3.73. The molecule has 3 aromatic carbocycles. The molecule has 176 valence electrons. The Bertz CT molecular complexity index is 1220. The number of benzene rings is 3. The van der Waals surface area contributed by atoms with Crippen LogP contribution in [0.3, 0.4) is 0 Å². The second-order valence-corrected chi connectivity index (χ2v) is 8.36. The predicted molar refractivity (Wildman–Crippen MR) is 134 cm³/mol. The van der Waals surface area contributed by atoms with Crippen molar-refractivity contribution in [3.8, 4) is 22.6 Å². The van der Waals surface area contributed by atoms with Gasteiger partial charge < -0.3 is 19.0 Å². The Labute approximate surface area is 199 Å². The van der Waals surface area contributed by atoms with Crippen molar-refractivity contribution in [3.05, 3.63) is 84.1 Å². The highest BCUT2D eigenvalue weighted by Gasteiger charge is 2.16. The quantitative estimate of drug-likeness (QED) is 0.243.